The summed E-state index contributed by atoms with van der Waals surface area (Å²) in [5.74, 6) is -0.926. The van der Waals surface area contributed by atoms with Gasteiger partial charge in [-0.25, -0.2) is 0 Å². The third-order valence-corrected chi connectivity index (χ3v) is 2.59. The van der Waals surface area contributed by atoms with Crippen LogP contribution < -0.4 is 4.74 Å². The van der Waals surface area contributed by atoms with Gasteiger partial charge in [-0.1, -0.05) is 12.1 Å². The summed E-state index contributed by atoms with van der Waals surface area (Å²) in [6.45, 7) is 5.11. The molecular formula is C15H17NO3. The van der Waals surface area contributed by atoms with Crippen LogP contribution in [0.15, 0.2) is 24.3 Å². The number of ether oxygens (including phenoxy) is 1. The molecule has 4 nitrogen and oxygen atoms in total. The molecule has 1 atom stereocenters. The molecule has 1 aromatic rings. The molecule has 0 aliphatic carbocycles. The highest BCUT2D eigenvalue weighted by atomic mass is 16.5. The third kappa shape index (κ3) is 4.22. The van der Waals surface area contributed by atoms with Crippen molar-refractivity contribution in [3.63, 3.8) is 0 Å². The van der Waals surface area contributed by atoms with Gasteiger partial charge in [-0.3, -0.25) is 9.59 Å². The molecule has 19 heavy (non-hydrogen) atoms. The van der Waals surface area contributed by atoms with E-state index in [-0.39, 0.29) is 24.1 Å². The first-order valence-corrected chi connectivity index (χ1v) is 6.14. The van der Waals surface area contributed by atoms with Gasteiger partial charge in [0.15, 0.2) is 5.78 Å². The van der Waals surface area contributed by atoms with Crippen LogP contribution in [0, 0.1) is 17.2 Å². The zero-order valence-corrected chi connectivity index (χ0v) is 11.3. The maximum absolute atomic E-state index is 12.2. The molecule has 1 aromatic carbocycles. The second kappa shape index (κ2) is 6.69. The van der Waals surface area contributed by atoms with Crippen LogP contribution in [0.25, 0.3) is 0 Å². The Morgan fingerprint density at radius 2 is 2.05 bits per heavy atom. The summed E-state index contributed by atoms with van der Waals surface area (Å²) in [6.07, 6.45) is -0.0864. The fraction of sp³-hybridized carbons (Fsp3) is 0.400. The fourth-order valence-corrected chi connectivity index (χ4v) is 1.71. The Hall–Kier alpha value is -2.15. The average molecular weight is 259 g/mol. The predicted molar refractivity (Wildman–Crippen MR) is 70.9 cm³/mol. The van der Waals surface area contributed by atoms with E-state index in [4.69, 9.17) is 10.00 Å². The Bertz CT molecular complexity index is 514. The molecule has 0 bridgehead atoms. The molecule has 0 saturated carbocycles. The molecule has 0 radical (unpaired) electrons. The van der Waals surface area contributed by atoms with Crippen LogP contribution in [0.3, 0.4) is 0 Å². The molecule has 0 N–H and O–H groups in total. The van der Waals surface area contributed by atoms with Gasteiger partial charge in [-0.2, -0.15) is 5.26 Å². The molecule has 0 amide bonds. The number of carbonyl (C=O) groups is 2. The zero-order chi connectivity index (χ0) is 14.4. The Labute approximate surface area is 113 Å². The molecule has 0 fully saturated rings. The lowest BCUT2D eigenvalue weighted by Crippen LogP contribution is -2.21. The van der Waals surface area contributed by atoms with Gasteiger partial charge in [0.05, 0.1) is 24.5 Å². The smallest absolute Gasteiger partial charge is 0.174 e. The number of carbonyl (C=O) groups excluding carboxylic acids is 2. The van der Waals surface area contributed by atoms with Crippen molar-refractivity contribution >= 4 is 11.6 Å². The first-order chi connectivity index (χ1) is 8.95. The minimum atomic E-state index is -0.890. The summed E-state index contributed by atoms with van der Waals surface area (Å²) in [4.78, 5) is 23.6. The first-order valence-electron chi connectivity index (χ1n) is 6.14. The van der Waals surface area contributed by atoms with Crippen LogP contribution in [0.1, 0.15) is 37.6 Å². The van der Waals surface area contributed by atoms with E-state index in [0.29, 0.717) is 11.3 Å². The molecule has 1 unspecified atom stereocenters. The van der Waals surface area contributed by atoms with Crippen LogP contribution in [-0.2, 0) is 4.79 Å². The van der Waals surface area contributed by atoms with Gasteiger partial charge in [0.25, 0.3) is 0 Å². The summed E-state index contributed by atoms with van der Waals surface area (Å²) in [5, 5.41) is 8.68. The van der Waals surface area contributed by atoms with Crippen molar-refractivity contribution in [1.82, 2.24) is 0 Å². The summed E-state index contributed by atoms with van der Waals surface area (Å²) in [6, 6.07) is 8.57. The number of nitrogens with zero attached hydrogens (tertiary/aromatic N) is 1. The minimum absolute atomic E-state index is 0.00747. The van der Waals surface area contributed by atoms with Gasteiger partial charge < -0.3 is 4.74 Å². The number of ketones is 2. The highest BCUT2D eigenvalue weighted by molar-refractivity contribution is 6.10. The number of Topliss-reactive ketones (excluding diaryl/α,β-unsaturated/α-hetero) is 2. The standard InChI is InChI=1S/C15H17NO3/c1-10(2)19-13-6-4-5-12(9-13)15(18)14(7-8-16)11(3)17/h4-6,9-10,14H,7H2,1-3H3. The number of hydrogen-bond donors (Lipinski definition) is 0. The molecule has 0 heterocycles. The van der Waals surface area contributed by atoms with Crippen molar-refractivity contribution in [3.05, 3.63) is 29.8 Å². The van der Waals surface area contributed by atoms with Crippen LogP contribution in [0.2, 0.25) is 0 Å². The second-order valence-electron chi connectivity index (χ2n) is 4.58. The van der Waals surface area contributed by atoms with Gasteiger partial charge in [0.1, 0.15) is 11.5 Å². The Morgan fingerprint density at radius 1 is 1.37 bits per heavy atom. The molecule has 1 rings (SSSR count). The monoisotopic (exact) mass is 259 g/mol. The molecular weight excluding hydrogens is 242 g/mol. The van der Waals surface area contributed by atoms with E-state index in [2.05, 4.69) is 0 Å². The molecule has 100 valence electrons. The van der Waals surface area contributed by atoms with Gasteiger partial charge >= 0.3 is 0 Å². The maximum atomic E-state index is 12.2. The summed E-state index contributed by atoms with van der Waals surface area (Å²) >= 11 is 0. The summed E-state index contributed by atoms with van der Waals surface area (Å²) in [5.41, 5.74) is 0.397. The fourth-order valence-electron chi connectivity index (χ4n) is 1.71. The van der Waals surface area contributed by atoms with E-state index < -0.39 is 5.92 Å². The van der Waals surface area contributed by atoms with Crippen molar-refractivity contribution in [3.8, 4) is 11.8 Å². The van der Waals surface area contributed by atoms with Crippen molar-refractivity contribution in [2.75, 3.05) is 0 Å². The second-order valence-corrected chi connectivity index (χ2v) is 4.58. The van der Waals surface area contributed by atoms with Crippen molar-refractivity contribution in [1.29, 1.82) is 5.26 Å². The Kier molecular flexibility index (Phi) is 5.25. The van der Waals surface area contributed by atoms with E-state index in [1.165, 1.54) is 6.92 Å². The van der Waals surface area contributed by atoms with E-state index in [1.807, 2.05) is 19.9 Å². The van der Waals surface area contributed by atoms with E-state index in [0.717, 1.165) is 0 Å². The largest absolute Gasteiger partial charge is 0.491 e. The van der Waals surface area contributed by atoms with Crippen LogP contribution in [0.4, 0.5) is 0 Å². The quantitative estimate of drug-likeness (QED) is 0.582. The molecule has 0 aliphatic heterocycles. The molecule has 0 aliphatic rings. The Morgan fingerprint density at radius 3 is 2.58 bits per heavy atom. The van der Waals surface area contributed by atoms with Gasteiger partial charge in [-0.15, -0.1) is 0 Å². The molecule has 0 spiro atoms. The third-order valence-electron chi connectivity index (χ3n) is 2.59. The predicted octanol–water partition coefficient (Wildman–Crippen LogP) is 2.78. The lowest BCUT2D eigenvalue weighted by atomic mass is 9.92. The summed E-state index contributed by atoms with van der Waals surface area (Å²) in [7, 11) is 0. The molecule has 4 heteroatoms. The van der Waals surface area contributed by atoms with Crippen molar-refractivity contribution < 1.29 is 14.3 Å². The summed E-state index contributed by atoms with van der Waals surface area (Å²) < 4.78 is 5.50. The molecule has 0 aromatic heterocycles. The minimum Gasteiger partial charge on any atom is -0.491 e. The maximum Gasteiger partial charge on any atom is 0.174 e. The van der Waals surface area contributed by atoms with E-state index in [9.17, 15) is 9.59 Å². The van der Waals surface area contributed by atoms with E-state index in [1.54, 1.807) is 24.3 Å². The molecule has 0 saturated heterocycles. The van der Waals surface area contributed by atoms with Crippen LogP contribution in [-0.4, -0.2) is 17.7 Å². The number of rotatable bonds is 6. The van der Waals surface area contributed by atoms with Crippen molar-refractivity contribution in [2.24, 2.45) is 5.92 Å². The first kappa shape index (κ1) is 14.9. The lowest BCUT2D eigenvalue weighted by molar-refractivity contribution is -0.119. The SMILES string of the molecule is CC(=O)C(CC#N)C(=O)c1cccc(OC(C)C)c1. The Balaban J connectivity index is 2.98. The number of benzene rings is 1. The van der Waals surface area contributed by atoms with E-state index >= 15 is 0 Å². The normalized spacial score (nSPS) is 11.7. The number of hydrogen-bond acceptors (Lipinski definition) is 4. The van der Waals surface area contributed by atoms with Gasteiger partial charge in [-0.05, 0) is 32.9 Å². The average Bonchev–Trinajstić information content (AvgIpc) is 2.34. The zero-order valence-electron chi connectivity index (χ0n) is 11.3. The number of nitriles is 1. The van der Waals surface area contributed by atoms with Gasteiger partial charge in [0.2, 0.25) is 0 Å². The van der Waals surface area contributed by atoms with Crippen LogP contribution >= 0.6 is 0 Å². The van der Waals surface area contributed by atoms with Gasteiger partial charge in [0, 0.05) is 5.56 Å². The highest BCUT2D eigenvalue weighted by Gasteiger charge is 2.24. The highest BCUT2D eigenvalue weighted by Crippen LogP contribution is 2.19. The lowest BCUT2D eigenvalue weighted by Gasteiger charge is -2.12. The van der Waals surface area contributed by atoms with Crippen molar-refractivity contribution in [2.45, 2.75) is 33.3 Å². The topological polar surface area (TPSA) is 67.2 Å². The van der Waals surface area contributed by atoms with Crippen LogP contribution in [0.5, 0.6) is 5.75 Å².